The van der Waals surface area contributed by atoms with Gasteiger partial charge in [0.2, 0.25) is 0 Å². The van der Waals surface area contributed by atoms with Gasteiger partial charge in [0.1, 0.15) is 6.07 Å². The molecule has 0 aliphatic heterocycles. The summed E-state index contributed by atoms with van der Waals surface area (Å²) in [7, 11) is 1.43. The summed E-state index contributed by atoms with van der Waals surface area (Å²) < 4.78 is 4.84. The number of primary amides is 1. The average molecular weight is 157 g/mol. The summed E-state index contributed by atoms with van der Waals surface area (Å²) in [5.74, 6) is -0.829. The topological polar surface area (TPSA) is 88.1 Å². The standard InChI is InChI=1S/C6H11N3O2/c1-3-11-6(4-7,9-2)5(8)10/h9H,3H2,1-2H3,(H2,8,10). The Hall–Kier alpha value is -1.12. The Morgan fingerprint density at radius 2 is 2.45 bits per heavy atom. The lowest BCUT2D eigenvalue weighted by Gasteiger charge is -2.21. The molecule has 11 heavy (non-hydrogen) atoms. The van der Waals surface area contributed by atoms with Crippen molar-refractivity contribution in [3.8, 4) is 6.07 Å². The van der Waals surface area contributed by atoms with Gasteiger partial charge in [-0.3, -0.25) is 10.1 Å². The summed E-state index contributed by atoms with van der Waals surface area (Å²) in [5, 5.41) is 10.9. The molecule has 0 saturated heterocycles. The first kappa shape index (κ1) is 9.88. The summed E-state index contributed by atoms with van der Waals surface area (Å²) >= 11 is 0. The maximum absolute atomic E-state index is 10.7. The molecule has 62 valence electrons. The van der Waals surface area contributed by atoms with E-state index < -0.39 is 11.6 Å². The van der Waals surface area contributed by atoms with Crippen molar-refractivity contribution >= 4 is 5.91 Å². The molecule has 0 aromatic carbocycles. The second-order valence-electron chi connectivity index (χ2n) is 1.84. The number of carbonyl (C=O) groups excluding carboxylic acids is 1. The zero-order valence-electron chi connectivity index (χ0n) is 6.55. The van der Waals surface area contributed by atoms with Gasteiger partial charge in [0, 0.05) is 6.61 Å². The van der Waals surface area contributed by atoms with Gasteiger partial charge in [0.15, 0.2) is 0 Å². The van der Waals surface area contributed by atoms with E-state index >= 15 is 0 Å². The smallest absolute Gasteiger partial charge is 0.288 e. The largest absolute Gasteiger partial charge is 0.365 e. The van der Waals surface area contributed by atoms with Crippen LogP contribution in [-0.4, -0.2) is 25.3 Å². The van der Waals surface area contributed by atoms with Crippen molar-refractivity contribution < 1.29 is 9.53 Å². The molecule has 0 radical (unpaired) electrons. The molecule has 0 heterocycles. The number of carbonyl (C=O) groups is 1. The first-order chi connectivity index (χ1) is 5.13. The zero-order valence-corrected chi connectivity index (χ0v) is 6.55. The Bertz CT molecular complexity index is 187. The predicted octanol–water partition coefficient (Wildman–Crippen LogP) is -1.05. The third-order valence-electron chi connectivity index (χ3n) is 1.22. The van der Waals surface area contributed by atoms with Crippen LogP contribution in [0.1, 0.15) is 6.92 Å². The summed E-state index contributed by atoms with van der Waals surface area (Å²) in [6, 6.07) is 1.66. The van der Waals surface area contributed by atoms with Crippen molar-refractivity contribution in [1.82, 2.24) is 5.32 Å². The molecule has 0 aromatic heterocycles. The molecule has 0 bridgehead atoms. The molecule has 0 aliphatic rings. The number of amides is 1. The Morgan fingerprint density at radius 1 is 1.91 bits per heavy atom. The van der Waals surface area contributed by atoms with Gasteiger partial charge in [0.25, 0.3) is 11.6 Å². The van der Waals surface area contributed by atoms with Crippen molar-refractivity contribution in [3.63, 3.8) is 0 Å². The monoisotopic (exact) mass is 157 g/mol. The van der Waals surface area contributed by atoms with Gasteiger partial charge in [-0.2, -0.15) is 5.26 Å². The first-order valence-electron chi connectivity index (χ1n) is 3.17. The lowest BCUT2D eigenvalue weighted by atomic mass is 10.2. The van der Waals surface area contributed by atoms with Crippen molar-refractivity contribution in [2.45, 2.75) is 12.6 Å². The van der Waals surface area contributed by atoms with Gasteiger partial charge in [-0.05, 0) is 14.0 Å². The SMILES string of the molecule is CCOC(C#N)(NC)C(N)=O. The molecule has 5 heteroatoms. The van der Waals surface area contributed by atoms with Crippen LogP contribution in [0.3, 0.4) is 0 Å². The quantitative estimate of drug-likeness (QED) is 0.509. The lowest BCUT2D eigenvalue weighted by Crippen LogP contribution is -2.55. The normalized spacial score (nSPS) is 15.0. The number of hydrogen-bond acceptors (Lipinski definition) is 4. The number of rotatable bonds is 4. The summed E-state index contributed by atoms with van der Waals surface area (Å²) in [6.07, 6.45) is 0. The fourth-order valence-electron chi connectivity index (χ4n) is 0.626. The molecule has 0 aromatic rings. The highest BCUT2D eigenvalue weighted by molar-refractivity contribution is 5.86. The van der Waals surface area contributed by atoms with Crippen molar-refractivity contribution in [2.75, 3.05) is 13.7 Å². The van der Waals surface area contributed by atoms with Crippen LogP contribution in [0, 0.1) is 11.3 Å². The fraction of sp³-hybridized carbons (Fsp3) is 0.667. The van der Waals surface area contributed by atoms with E-state index in [0.29, 0.717) is 0 Å². The molecule has 1 unspecified atom stereocenters. The van der Waals surface area contributed by atoms with Crippen LogP contribution in [0.5, 0.6) is 0 Å². The van der Waals surface area contributed by atoms with Crippen LogP contribution in [-0.2, 0) is 9.53 Å². The van der Waals surface area contributed by atoms with Crippen LogP contribution >= 0.6 is 0 Å². The molecular weight excluding hydrogens is 146 g/mol. The Labute approximate surface area is 65.1 Å². The molecule has 0 fully saturated rings. The van der Waals surface area contributed by atoms with E-state index in [9.17, 15) is 4.79 Å². The third kappa shape index (κ3) is 1.90. The molecule has 0 aliphatic carbocycles. The molecule has 0 rings (SSSR count). The van der Waals surface area contributed by atoms with Crippen LogP contribution in [0.4, 0.5) is 0 Å². The second kappa shape index (κ2) is 3.91. The number of nitrogens with two attached hydrogens (primary N) is 1. The third-order valence-corrected chi connectivity index (χ3v) is 1.22. The van der Waals surface area contributed by atoms with Gasteiger partial charge < -0.3 is 10.5 Å². The highest BCUT2D eigenvalue weighted by Crippen LogP contribution is 2.02. The number of nitrogens with one attached hydrogen (secondary N) is 1. The van der Waals surface area contributed by atoms with Gasteiger partial charge in [-0.25, -0.2) is 0 Å². The predicted molar refractivity (Wildman–Crippen MR) is 38.2 cm³/mol. The number of ether oxygens (including phenoxy) is 1. The zero-order chi connectivity index (χ0) is 8.91. The van der Waals surface area contributed by atoms with E-state index in [0.717, 1.165) is 0 Å². The maximum atomic E-state index is 10.7. The molecule has 1 amide bonds. The first-order valence-corrected chi connectivity index (χ1v) is 3.17. The molecule has 0 saturated carbocycles. The molecule has 3 N–H and O–H groups in total. The minimum atomic E-state index is -1.67. The van der Waals surface area contributed by atoms with Crippen molar-refractivity contribution in [1.29, 1.82) is 5.26 Å². The molecule has 1 atom stereocenters. The number of nitriles is 1. The summed E-state index contributed by atoms with van der Waals surface area (Å²) in [6.45, 7) is 1.92. The van der Waals surface area contributed by atoms with Crippen molar-refractivity contribution in [3.05, 3.63) is 0 Å². The molecule has 5 nitrogen and oxygen atoms in total. The minimum Gasteiger partial charge on any atom is -0.365 e. The lowest BCUT2D eigenvalue weighted by molar-refractivity contribution is -0.138. The van der Waals surface area contributed by atoms with E-state index in [2.05, 4.69) is 5.32 Å². The Balaban J connectivity index is 4.50. The van der Waals surface area contributed by atoms with E-state index in [4.69, 9.17) is 15.7 Å². The number of hydrogen-bond donors (Lipinski definition) is 2. The minimum absolute atomic E-state index is 0.247. The molecular formula is C6H11N3O2. The Kier molecular flexibility index (Phi) is 3.51. The van der Waals surface area contributed by atoms with E-state index in [1.54, 1.807) is 13.0 Å². The van der Waals surface area contributed by atoms with Crippen LogP contribution in [0.25, 0.3) is 0 Å². The Morgan fingerprint density at radius 3 is 2.55 bits per heavy atom. The fourth-order valence-corrected chi connectivity index (χ4v) is 0.626. The van der Waals surface area contributed by atoms with Gasteiger partial charge in [-0.1, -0.05) is 0 Å². The highest BCUT2D eigenvalue weighted by Gasteiger charge is 2.35. The van der Waals surface area contributed by atoms with Gasteiger partial charge in [-0.15, -0.1) is 0 Å². The van der Waals surface area contributed by atoms with Crippen LogP contribution in [0.15, 0.2) is 0 Å². The second-order valence-corrected chi connectivity index (χ2v) is 1.84. The van der Waals surface area contributed by atoms with Crippen LogP contribution in [0.2, 0.25) is 0 Å². The van der Waals surface area contributed by atoms with Crippen molar-refractivity contribution in [2.24, 2.45) is 5.73 Å². The number of likely N-dealkylation sites (N-methyl/N-ethyl adjacent to an activating group) is 1. The summed E-state index contributed by atoms with van der Waals surface area (Å²) in [5.41, 5.74) is 3.26. The van der Waals surface area contributed by atoms with Crippen LogP contribution < -0.4 is 11.1 Å². The molecule has 0 spiro atoms. The van der Waals surface area contributed by atoms with E-state index in [-0.39, 0.29) is 6.61 Å². The number of nitrogens with zero attached hydrogens (tertiary/aromatic N) is 1. The average Bonchev–Trinajstić information content (AvgIpc) is 2.00. The van der Waals surface area contributed by atoms with E-state index in [1.807, 2.05) is 0 Å². The maximum Gasteiger partial charge on any atom is 0.288 e. The van der Waals surface area contributed by atoms with Gasteiger partial charge in [0.05, 0.1) is 0 Å². The summed E-state index contributed by atoms with van der Waals surface area (Å²) in [4.78, 5) is 10.7. The van der Waals surface area contributed by atoms with Gasteiger partial charge >= 0.3 is 0 Å². The van der Waals surface area contributed by atoms with E-state index in [1.165, 1.54) is 7.05 Å². The highest BCUT2D eigenvalue weighted by atomic mass is 16.5.